The molecule has 0 N–H and O–H groups in total. The molecule has 0 aliphatic heterocycles. The van der Waals surface area contributed by atoms with Crippen LogP contribution in [0.4, 0.5) is 0 Å². The summed E-state index contributed by atoms with van der Waals surface area (Å²) in [6, 6.07) is 10.4. The van der Waals surface area contributed by atoms with Gasteiger partial charge in [0.05, 0.1) is 0 Å². The molecule has 1 atom stereocenters. The lowest BCUT2D eigenvalue weighted by Crippen LogP contribution is -2.13. The van der Waals surface area contributed by atoms with Crippen LogP contribution in [0.3, 0.4) is 0 Å². The molecule has 0 saturated heterocycles. The van der Waals surface area contributed by atoms with Gasteiger partial charge in [-0.1, -0.05) is 53.3 Å². The summed E-state index contributed by atoms with van der Waals surface area (Å²) >= 11 is 9.36. The second kappa shape index (κ2) is 5.68. The van der Waals surface area contributed by atoms with Crippen LogP contribution in [0, 0.1) is 0 Å². The van der Waals surface area contributed by atoms with E-state index in [9.17, 15) is 0 Å². The number of benzene rings is 1. The van der Waals surface area contributed by atoms with E-state index < -0.39 is 0 Å². The van der Waals surface area contributed by atoms with Gasteiger partial charge in [-0.05, 0) is 18.9 Å². The maximum Gasteiger partial charge on any atom is 0.0499 e. The molecule has 1 rings (SSSR count). The zero-order valence-corrected chi connectivity index (χ0v) is 9.96. The van der Waals surface area contributed by atoms with E-state index in [-0.39, 0.29) is 0 Å². The smallest absolute Gasteiger partial charge is 0.0499 e. The van der Waals surface area contributed by atoms with Crippen LogP contribution in [0.5, 0.6) is 0 Å². The normalized spacial score (nSPS) is 12.5. The lowest BCUT2D eigenvalue weighted by Gasteiger charge is -2.11. The Morgan fingerprint density at radius 3 is 2.54 bits per heavy atom. The van der Waals surface area contributed by atoms with Crippen LogP contribution in [0.15, 0.2) is 30.3 Å². The first-order valence-electron chi connectivity index (χ1n) is 4.08. The summed E-state index contributed by atoms with van der Waals surface area (Å²) in [7, 11) is 1.53. The number of thiol groups is 1. The Hall–Kier alpha value is 0.01000. The van der Waals surface area contributed by atoms with E-state index in [2.05, 4.69) is 23.8 Å². The van der Waals surface area contributed by atoms with Crippen LogP contribution in [0.1, 0.15) is 12.5 Å². The van der Waals surface area contributed by atoms with Crippen molar-refractivity contribution in [1.82, 2.24) is 0 Å². The highest BCUT2D eigenvalue weighted by molar-refractivity contribution is 8.69. The molecule has 0 aromatic heterocycles. The van der Waals surface area contributed by atoms with Crippen molar-refractivity contribution in [1.29, 1.82) is 0 Å². The van der Waals surface area contributed by atoms with Crippen molar-refractivity contribution >= 4 is 39.5 Å². The fourth-order valence-electron chi connectivity index (χ4n) is 1.08. The molecule has 1 unspecified atom stereocenters. The lowest BCUT2D eigenvalue weighted by molar-refractivity contribution is 1.07. The van der Waals surface area contributed by atoms with Crippen LogP contribution in [0.2, 0.25) is 0 Å². The van der Waals surface area contributed by atoms with Crippen molar-refractivity contribution in [3.8, 4) is 0 Å². The zero-order chi connectivity index (χ0) is 9.68. The Kier molecular flexibility index (Phi) is 4.84. The highest BCUT2D eigenvalue weighted by Gasteiger charge is 2.09. The predicted octanol–water partition coefficient (Wildman–Crippen LogP) is 3.57. The van der Waals surface area contributed by atoms with Gasteiger partial charge < -0.3 is 0 Å². The molecule has 0 nitrogen and oxygen atoms in total. The third kappa shape index (κ3) is 3.71. The lowest BCUT2D eigenvalue weighted by atomic mass is 10.1. The Balaban J connectivity index is 2.62. The van der Waals surface area contributed by atoms with Gasteiger partial charge in [0.15, 0.2) is 0 Å². The largest absolute Gasteiger partial charge is 0.111 e. The number of hydrogen-bond acceptors (Lipinski definition) is 3. The molecule has 0 saturated carbocycles. The summed E-state index contributed by atoms with van der Waals surface area (Å²) < 4.78 is 0. The fraction of sp³-hybridized carbons (Fsp3) is 0.300. The molecule has 1 aromatic carbocycles. The van der Waals surface area contributed by atoms with E-state index >= 15 is 0 Å². The van der Waals surface area contributed by atoms with Gasteiger partial charge in [0.2, 0.25) is 0 Å². The summed E-state index contributed by atoms with van der Waals surface area (Å²) in [6.45, 7) is 1.98. The van der Waals surface area contributed by atoms with Gasteiger partial charge in [0.25, 0.3) is 0 Å². The molecule has 0 bridgehead atoms. The first kappa shape index (κ1) is 11.1. The molecular weight excluding hydrogens is 216 g/mol. The Morgan fingerprint density at radius 2 is 2.08 bits per heavy atom. The van der Waals surface area contributed by atoms with E-state index in [1.807, 2.05) is 25.1 Å². The van der Waals surface area contributed by atoms with Crippen LogP contribution in [-0.2, 0) is 6.42 Å². The highest BCUT2D eigenvalue weighted by Crippen LogP contribution is 2.21. The average molecular weight is 228 g/mol. The molecule has 3 heteroatoms. The van der Waals surface area contributed by atoms with Crippen LogP contribution >= 0.6 is 34.7 Å². The average Bonchev–Trinajstić information content (AvgIpc) is 2.15. The first-order valence-corrected chi connectivity index (χ1v) is 6.42. The van der Waals surface area contributed by atoms with E-state index in [0.29, 0.717) is 5.25 Å². The summed E-state index contributed by atoms with van der Waals surface area (Å²) in [5, 5.41) is 0.348. The van der Waals surface area contributed by atoms with E-state index in [0.717, 1.165) is 11.3 Å². The summed E-state index contributed by atoms with van der Waals surface area (Å²) in [5.74, 6) is 0. The van der Waals surface area contributed by atoms with Gasteiger partial charge in [-0.3, -0.25) is 0 Å². The van der Waals surface area contributed by atoms with Gasteiger partial charge in [-0.15, -0.1) is 11.7 Å². The summed E-state index contributed by atoms with van der Waals surface area (Å²) in [4.78, 5) is 1.02. The second-order valence-electron chi connectivity index (χ2n) is 2.89. The molecule has 13 heavy (non-hydrogen) atoms. The molecule has 0 aliphatic carbocycles. The topological polar surface area (TPSA) is 0 Å². The van der Waals surface area contributed by atoms with E-state index in [1.165, 1.54) is 16.4 Å². The summed E-state index contributed by atoms with van der Waals surface area (Å²) in [5.41, 5.74) is 1.32. The number of rotatable bonds is 4. The van der Waals surface area contributed by atoms with Crippen LogP contribution in [-0.4, -0.2) is 10.1 Å². The van der Waals surface area contributed by atoms with Crippen molar-refractivity contribution in [3.05, 3.63) is 35.9 Å². The highest BCUT2D eigenvalue weighted by atomic mass is 33.1. The Bertz CT molecular complexity index is 269. The van der Waals surface area contributed by atoms with Gasteiger partial charge in [-0.25, -0.2) is 0 Å². The minimum Gasteiger partial charge on any atom is -0.111 e. The Morgan fingerprint density at radius 1 is 1.46 bits per heavy atom. The molecule has 0 radical (unpaired) electrons. The monoisotopic (exact) mass is 228 g/mol. The van der Waals surface area contributed by atoms with Crippen molar-refractivity contribution in [2.75, 3.05) is 0 Å². The molecule has 0 heterocycles. The van der Waals surface area contributed by atoms with E-state index in [4.69, 9.17) is 12.2 Å². The molecule has 0 fully saturated rings. The molecule has 70 valence electrons. The van der Waals surface area contributed by atoms with Gasteiger partial charge in [0.1, 0.15) is 0 Å². The predicted molar refractivity (Wildman–Crippen MR) is 68.8 cm³/mol. The van der Waals surface area contributed by atoms with E-state index in [1.54, 1.807) is 0 Å². The van der Waals surface area contributed by atoms with Crippen LogP contribution in [0.25, 0.3) is 0 Å². The molecule has 0 amide bonds. The van der Waals surface area contributed by atoms with Crippen molar-refractivity contribution in [2.24, 2.45) is 0 Å². The molecular formula is C10H12S3. The molecule has 0 spiro atoms. The van der Waals surface area contributed by atoms with Crippen molar-refractivity contribution in [3.63, 3.8) is 0 Å². The minimum absolute atomic E-state index is 0.348. The second-order valence-corrected chi connectivity index (χ2v) is 4.95. The Labute approximate surface area is 93.9 Å². The third-order valence-electron chi connectivity index (χ3n) is 1.84. The maximum atomic E-state index is 5.15. The van der Waals surface area contributed by atoms with Crippen LogP contribution < -0.4 is 0 Å². The quantitative estimate of drug-likeness (QED) is 0.475. The minimum atomic E-state index is 0.348. The standard InChI is InChI=1S/C10H12S3/c1-8(11)10(13-12)7-9-5-3-2-4-6-9/h2-6,10,12H,7H2,1H3. The first-order chi connectivity index (χ1) is 6.24. The van der Waals surface area contributed by atoms with Crippen molar-refractivity contribution in [2.45, 2.75) is 18.6 Å². The van der Waals surface area contributed by atoms with Gasteiger partial charge >= 0.3 is 0 Å². The molecule has 1 aromatic rings. The number of hydrogen-bond donors (Lipinski definition) is 1. The third-order valence-corrected chi connectivity index (χ3v) is 3.82. The van der Waals surface area contributed by atoms with Gasteiger partial charge in [-0.2, -0.15) is 0 Å². The summed E-state index contributed by atoms with van der Waals surface area (Å²) in [6.07, 6.45) is 0.977. The number of thiocarbonyl (C=S) groups is 1. The molecule has 0 aliphatic rings. The zero-order valence-electron chi connectivity index (χ0n) is 7.43. The van der Waals surface area contributed by atoms with Crippen molar-refractivity contribution < 1.29 is 0 Å². The van der Waals surface area contributed by atoms with Gasteiger partial charge in [0, 0.05) is 10.1 Å². The maximum absolute atomic E-state index is 5.15. The fourth-order valence-corrected chi connectivity index (χ4v) is 2.64. The SMILES string of the molecule is CC(=S)C(Cc1ccccc1)SS.